The van der Waals surface area contributed by atoms with E-state index in [9.17, 15) is 9.59 Å². The van der Waals surface area contributed by atoms with Gasteiger partial charge in [-0.1, -0.05) is 11.2 Å². The third-order valence-electron chi connectivity index (χ3n) is 4.31. The van der Waals surface area contributed by atoms with E-state index < -0.39 is 5.91 Å². The van der Waals surface area contributed by atoms with Gasteiger partial charge in [-0.15, -0.1) is 10.2 Å². The van der Waals surface area contributed by atoms with Gasteiger partial charge in [0.05, 0.1) is 24.0 Å². The fraction of sp³-hybridized carbons (Fsp3) is 0.278. The normalized spacial score (nSPS) is 13.5. The summed E-state index contributed by atoms with van der Waals surface area (Å²) < 4.78 is 5.39. The van der Waals surface area contributed by atoms with Crippen molar-refractivity contribution in [3.63, 3.8) is 0 Å². The molecule has 29 heavy (non-hydrogen) atoms. The summed E-state index contributed by atoms with van der Waals surface area (Å²) in [6.45, 7) is 0. The summed E-state index contributed by atoms with van der Waals surface area (Å²) in [5, 5.41) is 28.1. The number of methoxy groups -OCH3 is 1. The molecular formula is C18H21N7O4. The van der Waals surface area contributed by atoms with E-state index in [1.54, 1.807) is 18.2 Å². The van der Waals surface area contributed by atoms with Gasteiger partial charge in [0.25, 0.3) is 5.91 Å². The van der Waals surface area contributed by atoms with E-state index in [4.69, 9.17) is 15.7 Å². The molecule has 1 aliphatic carbocycles. The molecule has 3 rings (SSSR count). The summed E-state index contributed by atoms with van der Waals surface area (Å²) in [5.41, 5.74) is 6.81. The summed E-state index contributed by atoms with van der Waals surface area (Å²) in [7, 11) is 2.90. The van der Waals surface area contributed by atoms with Crippen LogP contribution >= 0.6 is 0 Å². The molecule has 1 saturated carbocycles. The van der Waals surface area contributed by atoms with Crippen molar-refractivity contribution in [2.24, 2.45) is 16.8 Å². The molecule has 11 heteroatoms. The van der Waals surface area contributed by atoms with Crippen LogP contribution in [0.4, 0.5) is 17.2 Å². The van der Waals surface area contributed by atoms with Crippen molar-refractivity contribution >= 4 is 34.8 Å². The molecule has 1 aromatic heterocycles. The Bertz CT molecular complexity index is 973. The second kappa shape index (κ2) is 8.42. The molecule has 2 amide bonds. The maximum Gasteiger partial charge on any atom is 0.273 e. The number of nitrogens with one attached hydrogen (secondary N) is 3. The fourth-order valence-corrected chi connectivity index (χ4v) is 2.66. The van der Waals surface area contributed by atoms with Crippen molar-refractivity contribution in [1.82, 2.24) is 15.5 Å². The van der Waals surface area contributed by atoms with Gasteiger partial charge in [-0.3, -0.25) is 9.59 Å². The Kier molecular flexibility index (Phi) is 5.77. The van der Waals surface area contributed by atoms with Crippen molar-refractivity contribution in [1.29, 1.82) is 0 Å². The number of hydrogen-bond donors (Lipinski definition) is 5. The Hall–Kier alpha value is -3.89. The number of carbonyl (C=O) groups excluding carboxylic acids is 2. The average molecular weight is 399 g/mol. The van der Waals surface area contributed by atoms with Gasteiger partial charge < -0.3 is 31.6 Å². The maximum absolute atomic E-state index is 12.2. The zero-order valence-electron chi connectivity index (χ0n) is 15.9. The number of hydrogen-bond acceptors (Lipinski definition) is 8. The van der Waals surface area contributed by atoms with E-state index in [0.717, 1.165) is 12.8 Å². The number of para-hydroxylation sites is 1. The molecule has 1 fully saturated rings. The molecule has 0 radical (unpaired) electrons. The molecule has 1 aliphatic rings. The highest BCUT2D eigenvalue weighted by atomic mass is 16.5. The fourth-order valence-electron chi connectivity index (χ4n) is 2.66. The number of oxime groups is 1. The summed E-state index contributed by atoms with van der Waals surface area (Å²) >= 11 is 0. The van der Waals surface area contributed by atoms with Gasteiger partial charge in [-0.25, -0.2) is 0 Å². The predicted octanol–water partition coefficient (Wildman–Crippen LogP) is 1.03. The summed E-state index contributed by atoms with van der Waals surface area (Å²) in [4.78, 5) is 24.2. The number of anilines is 3. The summed E-state index contributed by atoms with van der Waals surface area (Å²) in [6.07, 6.45) is 1.69. The van der Waals surface area contributed by atoms with E-state index in [0.29, 0.717) is 22.7 Å². The van der Waals surface area contributed by atoms with Crippen LogP contribution in [0.2, 0.25) is 0 Å². The van der Waals surface area contributed by atoms with Crippen molar-refractivity contribution in [2.75, 3.05) is 24.8 Å². The first-order chi connectivity index (χ1) is 14.0. The number of benzene rings is 1. The van der Waals surface area contributed by atoms with Crippen LogP contribution in [0.5, 0.6) is 5.75 Å². The number of amides is 2. The second-order valence-electron chi connectivity index (χ2n) is 6.33. The van der Waals surface area contributed by atoms with Gasteiger partial charge in [-0.05, 0) is 25.0 Å². The molecule has 0 unspecified atom stereocenters. The van der Waals surface area contributed by atoms with E-state index >= 15 is 0 Å². The molecular weight excluding hydrogens is 378 g/mol. The van der Waals surface area contributed by atoms with E-state index in [1.807, 2.05) is 0 Å². The van der Waals surface area contributed by atoms with Gasteiger partial charge in [0, 0.05) is 19.0 Å². The first-order valence-corrected chi connectivity index (χ1v) is 8.81. The lowest BCUT2D eigenvalue weighted by Crippen LogP contribution is -2.22. The van der Waals surface area contributed by atoms with Gasteiger partial charge in [0.1, 0.15) is 0 Å². The average Bonchev–Trinajstić information content (AvgIpc) is 3.58. The van der Waals surface area contributed by atoms with Gasteiger partial charge in [0.15, 0.2) is 23.1 Å². The first-order valence-electron chi connectivity index (χ1n) is 8.81. The second-order valence-corrected chi connectivity index (χ2v) is 6.33. The zero-order valence-corrected chi connectivity index (χ0v) is 15.9. The van der Waals surface area contributed by atoms with E-state index in [1.165, 1.54) is 20.2 Å². The Morgan fingerprint density at radius 3 is 2.66 bits per heavy atom. The van der Waals surface area contributed by atoms with Gasteiger partial charge in [0.2, 0.25) is 5.91 Å². The van der Waals surface area contributed by atoms with E-state index in [2.05, 4.69) is 31.3 Å². The number of nitrogens with zero attached hydrogens (tertiary/aromatic N) is 3. The molecule has 11 nitrogen and oxygen atoms in total. The summed E-state index contributed by atoms with van der Waals surface area (Å²) in [6, 6.07) is 6.48. The van der Waals surface area contributed by atoms with Crippen LogP contribution in [0, 0.1) is 5.92 Å². The molecule has 0 saturated heterocycles. The van der Waals surface area contributed by atoms with E-state index in [-0.39, 0.29) is 29.2 Å². The Morgan fingerprint density at radius 2 is 2.03 bits per heavy atom. The number of aromatic nitrogens is 2. The van der Waals surface area contributed by atoms with Gasteiger partial charge >= 0.3 is 0 Å². The monoisotopic (exact) mass is 399 g/mol. The Labute approximate surface area is 166 Å². The Balaban J connectivity index is 2.00. The maximum atomic E-state index is 12.2. The highest BCUT2D eigenvalue weighted by molar-refractivity contribution is 6.03. The molecule has 152 valence electrons. The predicted molar refractivity (Wildman–Crippen MR) is 106 cm³/mol. The molecule has 0 spiro atoms. The highest BCUT2D eigenvalue weighted by Gasteiger charge is 2.30. The number of carbonyl (C=O) groups is 2. The molecule has 1 aromatic carbocycles. The van der Waals surface area contributed by atoms with Crippen LogP contribution in [0.15, 0.2) is 29.4 Å². The molecule has 2 aromatic rings. The lowest BCUT2D eigenvalue weighted by atomic mass is 10.1. The molecule has 0 atom stereocenters. The van der Waals surface area contributed by atoms with Crippen LogP contribution in [-0.4, -0.2) is 47.2 Å². The minimum Gasteiger partial charge on any atom is -0.494 e. The molecule has 0 aliphatic heterocycles. The number of nitrogens with two attached hydrogens (primary N) is 1. The zero-order chi connectivity index (χ0) is 21.0. The Morgan fingerprint density at radius 1 is 1.28 bits per heavy atom. The van der Waals surface area contributed by atoms with Gasteiger partial charge in [-0.2, -0.15) is 0 Å². The standard InChI is InChI=1S/C18H21N7O4/c1-20-18(27)14-12(8-13(23-24-14)22-17(26)9-6-7-9)21-11-5-3-4-10(15(11)29-2)16(19)25-28/h3-5,8-9,28H,6-7H2,1-2H3,(H2,19,25)(H,20,27)(H2,21,22,23,26). The van der Waals surface area contributed by atoms with Crippen molar-refractivity contribution in [2.45, 2.75) is 12.8 Å². The smallest absolute Gasteiger partial charge is 0.273 e. The third kappa shape index (κ3) is 4.34. The number of ether oxygens (including phenoxy) is 1. The number of rotatable bonds is 7. The van der Waals surface area contributed by atoms with Crippen LogP contribution in [0.3, 0.4) is 0 Å². The number of amidine groups is 1. The van der Waals surface area contributed by atoms with Crippen LogP contribution < -0.4 is 26.4 Å². The third-order valence-corrected chi connectivity index (χ3v) is 4.31. The summed E-state index contributed by atoms with van der Waals surface area (Å²) in [5.74, 6) is -0.239. The largest absolute Gasteiger partial charge is 0.494 e. The van der Waals surface area contributed by atoms with Crippen LogP contribution in [0.1, 0.15) is 28.9 Å². The van der Waals surface area contributed by atoms with Crippen molar-refractivity contribution < 1.29 is 19.5 Å². The SMILES string of the molecule is CNC(=O)c1nnc(NC(=O)C2CC2)cc1Nc1cccc(/C(N)=N/O)c1OC. The minimum atomic E-state index is -0.466. The van der Waals surface area contributed by atoms with Crippen LogP contribution in [-0.2, 0) is 4.79 Å². The molecule has 0 bridgehead atoms. The van der Waals surface area contributed by atoms with Crippen molar-refractivity contribution in [3.05, 3.63) is 35.5 Å². The molecule has 6 N–H and O–H groups in total. The lowest BCUT2D eigenvalue weighted by Gasteiger charge is -2.16. The molecule has 1 heterocycles. The van der Waals surface area contributed by atoms with Crippen LogP contribution in [0.25, 0.3) is 0 Å². The topological polar surface area (TPSA) is 164 Å². The first kappa shape index (κ1) is 19.9. The highest BCUT2D eigenvalue weighted by Crippen LogP contribution is 2.33. The van der Waals surface area contributed by atoms with Crippen molar-refractivity contribution in [3.8, 4) is 5.75 Å². The quantitative estimate of drug-likeness (QED) is 0.199. The lowest BCUT2D eigenvalue weighted by molar-refractivity contribution is -0.117. The minimum absolute atomic E-state index is 0.00986.